The van der Waals surface area contributed by atoms with Crippen LogP contribution in [0.2, 0.25) is 0 Å². The molecule has 5 heteroatoms. The number of hydrogen-bond donors (Lipinski definition) is 2. The van der Waals surface area contributed by atoms with E-state index >= 15 is 0 Å². The highest BCUT2D eigenvalue weighted by Crippen LogP contribution is 2.54. The summed E-state index contributed by atoms with van der Waals surface area (Å²) >= 11 is 0. The molecule has 0 aromatic heterocycles. The third-order valence-electron chi connectivity index (χ3n) is 4.97. The Labute approximate surface area is 136 Å². The minimum absolute atomic E-state index is 0.119. The second-order valence-corrected chi connectivity index (χ2v) is 6.42. The third-order valence-corrected chi connectivity index (χ3v) is 4.97. The van der Waals surface area contributed by atoms with E-state index in [0.717, 1.165) is 0 Å². The first kappa shape index (κ1) is 17.6. The largest absolute Gasteiger partial charge is 0.508 e. The summed E-state index contributed by atoms with van der Waals surface area (Å²) in [5.74, 6) is -1.95. The van der Waals surface area contributed by atoms with Gasteiger partial charge in [0.2, 0.25) is 0 Å². The van der Waals surface area contributed by atoms with Gasteiger partial charge in [-0.05, 0) is 40.2 Å². The molecule has 2 bridgehead atoms. The highest BCUT2D eigenvalue weighted by Gasteiger charge is 2.68. The van der Waals surface area contributed by atoms with Crippen LogP contribution in [0.5, 0.6) is 0 Å². The lowest BCUT2D eigenvalue weighted by atomic mass is 9.50. The van der Waals surface area contributed by atoms with Gasteiger partial charge in [0.1, 0.15) is 16.8 Å². The fourth-order valence-electron chi connectivity index (χ4n) is 3.67. The predicted octanol–water partition coefficient (Wildman–Crippen LogP) is 2.26. The zero-order valence-electron chi connectivity index (χ0n) is 14.0. The molecule has 0 aromatic carbocycles. The number of aliphatic hydroxyl groups is 2. The van der Waals surface area contributed by atoms with Gasteiger partial charge in [0.05, 0.1) is 6.10 Å². The highest BCUT2D eigenvalue weighted by atomic mass is 16.5. The van der Waals surface area contributed by atoms with Gasteiger partial charge >= 0.3 is 0 Å². The fraction of sp³-hybridized carbons (Fsp3) is 0.556. The number of hydrogen-bond acceptors (Lipinski definition) is 5. The Bertz CT molecular complexity index is 611. The molecule has 4 atom stereocenters. The van der Waals surface area contributed by atoms with E-state index in [1.165, 1.54) is 19.9 Å². The van der Waals surface area contributed by atoms with Gasteiger partial charge < -0.3 is 14.9 Å². The summed E-state index contributed by atoms with van der Waals surface area (Å²) < 4.78 is 5.59. The molecule has 3 aliphatic rings. The van der Waals surface area contributed by atoms with E-state index in [0.29, 0.717) is 13.0 Å². The Morgan fingerprint density at radius 2 is 2.00 bits per heavy atom. The first-order chi connectivity index (χ1) is 10.7. The quantitative estimate of drug-likeness (QED) is 0.359. The van der Waals surface area contributed by atoms with Crippen LogP contribution in [0.4, 0.5) is 0 Å². The molecule has 0 spiro atoms. The van der Waals surface area contributed by atoms with Crippen LogP contribution in [0.15, 0.2) is 35.6 Å². The van der Waals surface area contributed by atoms with E-state index in [4.69, 9.17) is 4.74 Å². The number of rotatable bonds is 4. The van der Waals surface area contributed by atoms with Gasteiger partial charge in [-0.1, -0.05) is 18.2 Å². The summed E-state index contributed by atoms with van der Waals surface area (Å²) in [6, 6.07) is 0. The molecule has 3 aliphatic carbocycles. The second kappa shape index (κ2) is 6.06. The molecule has 23 heavy (non-hydrogen) atoms. The van der Waals surface area contributed by atoms with Crippen molar-refractivity contribution in [2.45, 2.75) is 45.8 Å². The normalized spacial score (nSPS) is 39.7. The van der Waals surface area contributed by atoms with Crippen molar-refractivity contribution in [3.8, 4) is 0 Å². The number of allylic oxidation sites excluding steroid dienone is 4. The Morgan fingerprint density at radius 1 is 1.35 bits per heavy atom. The number of ether oxygens (including phenoxy) is 1. The van der Waals surface area contributed by atoms with Gasteiger partial charge in [-0.2, -0.15) is 0 Å². The molecule has 0 radical (unpaired) electrons. The number of Topliss-reactive ketones (excluding diaryl/α,β-unsaturated/α-hetero) is 2. The number of fused-ring (bicyclic) bond motifs is 3. The van der Waals surface area contributed by atoms with Gasteiger partial charge in [0, 0.05) is 18.1 Å². The summed E-state index contributed by atoms with van der Waals surface area (Å²) in [6.45, 7) is 6.93. The summed E-state index contributed by atoms with van der Waals surface area (Å²) in [4.78, 5) is 25.6. The van der Waals surface area contributed by atoms with Crippen molar-refractivity contribution >= 4 is 11.6 Å². The van der Waals surface area contributed by atoms with Gasteiger partial charge in [-0.25, -0.2) is 0 Å². The van der Waals surface area contributed by atoms with Crippen LogP contribution < -0.4 is 0 Å². The summed E-state index contributed by atoms with van der Waals surface area (Å²) in [5, 5.41) is 21.0. The molecule has 3 rings (SSSR count). The molecule has 0 heterocycles. The molecular weight excluding hydrogens is 296 g/mol. The fourth-order valence-corrected chi connectivity index (χ4v) is 3.67. The number of carbonyl (C=O) groups is 2. The Morgan fingerprint density at radius 3 is 2.57 bits per heavy atom. The molecule has 0 amide bonds. The number of carbonyl (C=O) groups excluding carboxylic acids is 2. The predicted molar refractivity (Wildman–Crippen MR) is 85.9 cm³/mol. The van der Waals surface area contributed by atoms with E-state index in [1.54, 1.807) is 25.2 Å². The van der Waals surface area contributed by atoms with Crippen molar-refractivity contribution in [2.24, 2.45) is 11.3 Å². The van der Waals surface area contributed by atoms with E-state index in [2.05, 4.69) is 0 Å². The molecule has 126 valence electrons. The molecule has 5 nitrogen and oxygen atoms in total. The van der Waals surface area contributed by atoms with Crippen LogP contribution >= 0.6 is 0 Å². The van der Waals surface area contributed by atoms with E-state index in [-0.39, 0.29) is 11.3 Å². The maximum atomic E-state index is 12.9. The lowest BCUT2D eigenvalue weighted by Gasteiger charge is -2.54. The number of aliphatic hydroxyl groups excluding tert-OH is 1. The van der Waals surface area contributed by atoms with Crippen LogP contribution in [-0.4, -0.2) is 40.1 Å². The third kappa shape index (κ3) is 2.48. The zero-order chi connectivity index (χ0) is 17.4. The molecule has 3 saturated carbocycles. The highest BCUT2D eigenvalue weighted by molar-refractivity contribution is 6.21. The Balaban J connectivity index is 2.57. The minimum atomic E-state index is -1.69. The maximum Gasteiger partial charge on any atom is 0.180 e. The summed E-state index contributed by atoms with van der Waals surface area (Å²) in [5.41, 5.74) is -3.03. The van der Waals surface area contributed by atoms with E-state index < -0.39 is 34.6 Å². The van der Waals surface area contributed by atoms with Gasteiger partial charge in [-0.3, -0.25) is 9.59 Å². The lowest BCUT2D eigenvalue weighted by molar-refractivity contribution is -0.186. The van der Waals surface area contributed by atoms with Crippen molar-refractivity contribution in [2.75, 3.05) is 6.61 Å². The van der Waals surface area contributed by atoms with Crippen molar-refractivity contribution in [1.82, 2.24) is 0 Å². The monoisotopic (exact) mass is 320 g/mol. The van der Waals surface area contributed by atoms with Crippen LogP contribution in [0.3, 0.4) is 0 Å². The van der Waals surface area contributed by atoms with Gasteiger partial charge in [0.25, 0.3) is 0 Å². The van der Waals surface area contributed by atoms with E-state index in [1.807, 2.05) is 6.92 Å². The van der Waals surface area contributed by atoms with Crippen LogP contribution in [0.1, 0.15) is 34.1 Å². The van der Waals surface area contributed by atoms with Crippen molar-refractivity contribution in [3.05, 3.63) is 35.6 Å². The average molecular weight is 320 g/mol. The smallest absolute Gasteiger partial charge is 0.180 e. The van der Waals surface area contributed by atoms with E-state index in [9.17, 15) is 19.8 Å². The van der Waals surface area contributed by atoms with Crippen molar-refractivity contribution in [3.63, 3.8) is 0 Å². The average Bonchev–Trinajstić information content (AvgIpc) is 2.49. The second-order valence-electron chi connectivity index (χ2n) is 6.42. The first-order valence-electron chi connectivity index (χ1n) is 7.89. The molecular formula is C18H24O5. The molecule has 2 N–H and O–H groups in total. The first-order valence-corrected chi connectivity index (χ1v) is 7.89. The molecule has 0 aromatic rings. The number of ketones is 2. The van der Waals surface area contributed by atoms with Crippen LogP contribution in [0, 0.1) is 11.3 Å². The molecule has 0 aliphatic heterocycles. The topological polar surface area (TPSA) is 83.8 Å². The molecule has 0 unspecified atom stereocenters. The van der Waals surface area contributed by atoms with Crippen LogP contribution in [-0.2, 0) is 14.3 Å². The minimum Gasteiger partial charge on any atom is -0.508 e. The van der Waals surface area contributed by atoms with Gasteiger partial charge in [-0.15, -0.1) is 0 Å². The Hall–Kier alpha value is -1.72. The SMILES string of the molecule is C\C=C/C=C/C(O)=C1\C(=O)[C@]2(C)C(=O)[C@@](C)(O)[C@H]1C[C@@H]2OCC. The van der Waals surface area contributed by atoms with Gasteiger partial charge in [0.15, 0.2) is 11.6 Å². The van der Waals surface area contributed by atoms with Crippen LogP contribution in [0.25, 0.3) is 0 Å². The lowest BCUT2D eigenvalue weighted by Crippen LogP contribution is -2.69. The summed E-state index contributed by atoms with van der Waals surface area (Å²) in [7, 11) is 0. The Kier molecular flexibility index (Phi) is 4.64. The zero-order valence-corrected chi connectivity index (χ0v) is 14.0. The molecule has 0 saturated heterocycles. The molecule has 3 fully saturated rings. The maximum absolute atomic E-state index is 12.9. The van der Waals surface area contributed by atoms with Crippen molar-refractivity contribution in [1.29, 1.82) is 0 Å². The van der Waals surface area contributed by atoms with Crippen molar-refractivity contribution < 1.29 is 24.5 Å². The standard InChI is InChI=1S/C18H24O5/c1-5-7-8-9-12(19)14-11-10-13(23-6-2)17(3,15(14)20)16(21)18(11,4)22/h5,7-9,11,13,19,22H,6,10H2,1-4H3/b7-5-,9-8+,14-12+/t11-,13-,17+,18-/m0/s1. The summed E-state index contributed by atoms with van der Waals surface area (Å²) in [6.07, 6.45) is 6.27.